The van der Waals surface area contributed by atoms with Gasteiger partial charge in [0.25, 0.3) is 0 Å². The Labute approximate surface area is 107 Å². The van der Waals surface area contributed by atoms with Crippen LogP contribution in [0.25, 0.3) is 0 Å². The molecule has 5 unspecified atom stereocenters. The van der Waals surface area contributed by atoms with Gasteiger partial charge in [-0.25, -0.2) is 4.79 Å². The van der Waals surface area contributed by atoms with E-state index in [-0.39, 0.29) is 24.0 Å². The van der Waals surface area contributed by atoms with E-state index in [2.05, 4.69) is 12.2 Å². The van der Waals surface area contributed by atoms with E-state index >= 15 is 0 Å². The van der Waals surface area contributed by atoms with E-state index in [0.29, 0.717) is 12.3 Å². The Morgan fingerprint density at radius 3 is 2.61 bits per heavy atom. The zero-order valence-corrected chi connectivity index (χ0v) is 10.6. The average molecular weight is 252 g/mol. The fourth-order valence-corrected chi connectivity index (χ4v) is 3.56. The number of nitrogens with one attached hydrogen (secondary N) is 1. The topological polar surface area (TPSA) is 69.6 Å². The van der Waals surface area contributed by atoms with Gasteiger partial charge in [0, 0.05) is 18.6 Å². The van der Waals surface area contributed by atoms with E-state index in [1.54, 1.807) is 4.90 Å². The lowest BCUT2D eigenvalue weighted by atomic mass is 9.89. The first-order valence-corrected chi connectivity index (χ1v) is 6.87. The molecule has 0 spiro atoms. The molecule has 2 bridgehead atoms. The molecule has 0 aromatic carbocycles. The molecule has 1 aliphatic carbocycles. The van der Waals surface area contributed by atoms with Crippen molar-refractivity contribution >= 4 is 12.0 Å². The number of amides is 2. The second-order valence-corrected chi connectivity index (χ2v) is 6.05. The third kappa shape index (κ3) is 1.85. The summed E-state index contributed by atoms with van der Waals surface area (Å²) in [7, 11) is 0. The number of fused-ring (bicyclic) bond motifs is 2. The summed E-state index contributed by atoms with van der Waals surface area (Å²) in [5.74, 6) is 0.252. The fourth-order valence-electron chi connectivity index (χ4n) is 3.56. The van der Waals surface area contributed by atoms with Crippen molar-refractivity contribution in [2.24, 2.45) is 17.8 Å². The lowest BCUT2D eigenvalue weighted by molar-refractivity contribution is -0.142. The zero-order valence-electron chi connectivity index (χ0n) is 10.6. The van der Waals surface area contributed by atoms with Crippen LogP contribution in [-0.4, -0.2) is 40.6 Å². The smallest absolute Gasteiger partial charge is 0.317 e. The normalized spacial score (nSPS) is 40.9. The maximum atomic E-state index is 12.1. The summed E-state index contributed by atoms with van der Waals surface area (Å²) in [5.41, 5.74) is 0. The van der Waals surface area contributed by atoms with Crippen LogP contribution in [0.15, 0.2) is 0 Å². The average Bonchev–Trinajstić information content (AvgIpc) is 2.76. The van der Waals surface area contributed by atoms with E-state index in [1.165, 1.54) is 6.42 Å². The molecule has 1 saturated carbocycles. The van der Waals surface area contributed by atoms with Gasteiger partial charge in [-0.15, -0.1) is 0 Å². The van der Waals surface area contributed by atoms with Crippen LogP contribution in [0.5, 0.6) is 0 Å². The molecule has 3 rings (SSSR count). The van der Waals surface area contributed by atoms with E-state index in [4.69, 9.17) is 5.11 Å². The van der Waals surface area contributed by atoms with Gasteiger partial charge in [-0.2, -0.15) is 0 Å². The second kappa shape index (κ2) is 4.14. The highest BCUT2D eigenvalue weighted by Gasteiger charge is 2.51. The number of carboxylic acid groups (broad SMARTS) is 1. The highest BCUT2D eigenvalue weighted by molar-refractivity contribution is 5.79. The van der Waals surface area contributed by atoms with Crippen molar-refractivity contribution in [3.8, 4) is 0 Å². The maximum absolute atomic E-state index is 12.1. The van der Waals surface area contributed by atoms with E-state index in [1.807, 2.05) is 0 Å². The number of rotatable bonds is 3. The van der Waals surface area contributed by atoms with Gasteiger partial charge >= 0.3 is 12.0 Å². The highest BCUT2D eigenvalue weighted by atomic mass is 16.4. The summed E-state index contributed by atoms with van der Waals surface area (Å²) in [6.45, 7) is 2.94. The number of carboxylic acids is 1. The van der Waals surface area contributed by atoms with Gasteiger partial charge in [0.15, 0.2) is 0 Å². The van der Waals surface area contributed by atoms with E-state index < -0.39 is 5.97 Å². The number of hydrogen-bond donors (Lipinski definition) is 2. The predicted octanol–water partition coefficient (Wildman–Crippen LogP) is 1.29. The molecule has 18 heavy (non-hydrogen) atoms. The molecule has 2 N–H and O–H groups in total. The Morgan fingerprint density at radius 2 is 2.06 bits per heavy atom. The number of aliphatic carboxylic acids is 1. The van der Waals surface area contributed by atoms with Crippen LogP contribution < -0.4 is 5.32 Å². The van der Waals surface area contributed by atoms with Crippen molar-refractivity contribution in [2.45, 2.75) is 44.7 Å². The minimum atomic E-state index is -0.754. The molecule has 2 amide bonds. The van der Waals surface area contributed by atoms with Gasteiger partial charge in [-0.3, -0.25) is 4.79 Å². The third-order valence-electron chi connectivity index (χ3n) is 4.88. The first-order valence-electron chi connectivity index (χ1n) is 6.87. The highest BCUT2D eigenvalue weighted by Crippen LogP contribution is 2.42. The van der Waals surface area contributed by atoms with Crippen molar-refractivity contribution in [3.63, 3.8) is 0 Å². The molecule has 5 atom stereocenters. The summed E-state index contributed by atoms with van der Waals surface area (Å²) < 4.78 is 0. The molecule has 100 valence electrons. The largest absolute Gasteiger partial charge is 0.481 e. The summed E-state index contributed by atoms with van der Waals surface area (Å²) >= 11 is 0. The Morgan fingerprint density at radius 1 is 1.33 bits per heavy atom. The maximum Gasteiger partial charge on any atom is 0.317 e. The van der Waals surface area contributed by atoms with Crippen LogP contribution in [-0.2, 0) is 4.79 Å². The Hall–Kier alpha value is -1.26. The molecule has 3 fully saturated rings. The van der Waals surface area contributed by atoms with Gasteiger partial charge in [-0.05, 0) is 37.5 Å². The monoisotopic (exact) mass is 252 g/mol. The SMILES string of the molecule is CC1CC1CNC(=O)N1C2CCC1C(C(=O)O)C2. The Balaban J connectivity index is 1.59. The molecule has 0 radical (unpaired) electrons. The second-order valence-electron chi connectivity index (χ2n) is 6.05. The van der Waals surface area contributed by atoms with Crippen LogP contribution >= 0.6 is 0 Å². The lowest BCUT2D eigenvalue weighted by Crippen LogP contribution is -2.44. The molecule has 0 aromatic rings. The van der Waals surface area contributed by atoms with Crippen LogP contribution in [0, 0.1) is 17.8 Å². The van der Waals surface area contributed by atoms with Crippen molar-refractivity contribution in [1.29, 1.82) is 0 Å². The van der Waals surface area contributed by atoms with Gasteiger partial charge in [-0.1, -0.05) is 6.92 Å². The van der Waals surface area contributed by atoms with Crippen LogP contribution in [0.2, 0.25) is 0 Å². The van der Waals surface area contributed by atoms with Crippen LogP contribution in [0.3, 0.4) is 0 Å². The molecular formula is C13H20N2O3. The molecule has 5 heteroatoms. The van der Waals surface area contributed by atoms with Crippen molar-refractivity contribution in [1.82, 2.24) is 10.2 Å². The summed E-state index contributed by atoms with van der Waals surface area (Å²) in [6, 6.07) is 0.0159. The number of carbonyl (C=O) groups is 2. The molecule has 2 saturated heterocycles. The third-order valence-corrected chi connectivity index (χ3v) is 4.88. The summed E-state index contributed by atoms with van der Waals surface area (Å²) in [6.07, 6.45) is 3.63. The van der Waals surface area contributed by atoms with Crippen molar-refractivity contribution < 1.29 is 14.7 Å². The molecule has 5 nitrogen and oxygen atoms in total. The van der Waals surface area contributed by atoms with E-state index in [0.717, 1.165) is 25.3 Å². The lowest BCUT2D eigenvalue weighted by Gasteiger charge is -2.23. The predicted molar refractivity (Wildman–Crippen MR) is 65.1 cm³/mol. The molecule has 0 aromatic heterocycles. The Bertz CT molecular complexity index is 384. The summed E-state index contributed by atoms with van der Waals surface area (Å²) in [5, 5.41) is 12.1. The molecule has 3 aliphatic rings. The number of nitrogens with zero attached hydrogens (tertiary/aromatic N) is 1. The minimum absolute atomic E-state index is 0.0506. The fraction of sp³-hybridized carbons (Fsp3) is 0.846. The number of hydrogen-bond acceptors (Lipinski definition) is 2. The number of urea groups is 1. The van der Waals surface area contributed by atoms with Crippen molar-refractivity contribution in [3.05, 3.63) is 0 Å². The Kier molecular flexibility index (Phi) is 2.72. The molecule has 2 aliphatic heterocycles. The quantitative estimate of drug-likeness (QED) is 0.795. The van der Waals surface area contributed by atoms with E-state index in [9.17, 15) is 9.59 Å². The minimum Gasteiger partial charge on any atom is -0.481 e. The molecule has 2 heterocycles. The first-order chi connectivity index (χ1) is 8.58. The van der Waals surface area contributed by atoms with Gasteiger partial charge < -0.3 is 15.3 Å². The first kappa shape index (κ1) is 11.8. The van der Waals surface area contributed by atoms with Crippen molar-refractivity contribution in [2.75, 3.05) is 6.54 Å². The van der Waals surface area contributed by atoms with Crippen LogP contribution in [0.4, 0.5) is 4.79 Å². The van der Waals surface area contributed by atoms with Gasteiger partial charge in [0.05, 0.1) is 5.92 Å². The van der Waals surface area contributed by atoms with Gasteiger partial charge in [0.1, 0.15) is 0 Å². The summed E-state index contributed by atoms with van der Waals surface area (Å²) in [4.78, 5) is 25.1. The zero-order chi connectivity index (χ0) is 12.9. The number of carbonyl (C=O) groups excluding carboxylic acids is 1. The van der Waals surface area contributed by atoms with Crippen LogP contribution in [0.1, 0.15) is 32.6 Å². The standard InChI is InChI=1S/C13H20N2O3/c1-7-4-8(7)6-14-13(18)15-9-2-3-11(15)10(5-9)12(16)17/h7-11H,2-6H2,1H3,(H,14,18)(H,16,17). The molecular weight excluding hydrogens is 232 g/mol. The van der Waals surface area contributed by atoms with Gasteiger partial charge in [0.2, 0.25) is 0 Å².